The number of hydrogen-bond acceptors (Lipinski definition) is 7. The van der Waals surface area contributed by atoms with Crippen LogP contribution in [-0.4, -0.2) is 26.1 Å². The predicted octanol–water partition coefficient (Wildman–Crippen LogP) is 2.73. The van der Waals surface area contributed by atoms with Gasteiger partial charge in [0.1, 0.15) is 16.3 Å². The Hall–Kier alpha value is -2.48. The van der Waals surface area contributed by atoms with Crippen LogP contribution in [0.2, 0.25) is 0 Å². The van der Waals surface area contributed by atoms with Crippen molar-refractivity contribution in [2.45, 2.75) is 33.2 Å². The van der Waals surface area contributed by atoms with E-state index < -0.39 is 0 Å². The minimum absolute atomic E-state index is 0.182. The van der Waals surface area contributed by atoms with Crippen molar-refractivity contribution in [3.8, 4) is 10.7 Å². The average Bonchev–Trinajstić information content (AvgIpc) is 3.10. The molecule has 0 bridgehead atoms. The Bertz CT molecular complexity index is 903. The Balaban J connectivity index is 2.27. The molecule has 7 nitrogen and oxygen atoms in total. The Morgan fingerprint density at radius 2 is 2.12 bits per heavy atom. The molecule has 0 aliphatic carbocycles. The van der Waals surface area contributed by atoms with E-state index in [0.717, 1.165) is 19.4 Å². The van der Waals surface area contributed by atoms with Crippen molar-refractivity contribution in [2.75, 3.05) is 17.6 Å². The molecule has 0 saturated carbocycles. The minimum Gasteiger partial charge on any atom is -0.397 e. The topological polar surface area (TPSA) is 98.7 Å². The van der Waals surface area contributed by atoms with E-state index in [9.17, 15) is 4.79 Å². The summed E-state index contributed by atoms with van der Waals surface area (Å²) < 4.78 is 1.65. The summed E-state index contributed by atoms with van der Waals surface area (Å²) >= 11 is 1.39. The fourth-order valence-electron chi connectivity index (χ4n) is 2.48. The first-order chi connectivity index (χ1) is 11.7. The molecule has 0 radical (unpaired) electrons. The number of nitrogen functional groups attached to an aromatic ring is 1. The third-order valence-electron chi connectivity index (χ3n) is 3.57. The molecule has 3 rings (SSSR count). The molecule has 0 amide bonds. The summed E-state index contributed by atoms with van der Waals surface area (Å²) in [7, 11) is 0. The van der Waals surface area contributed by atoms with Gasteiger partial charge in [-0.25, -0.2) is 15.0 Å². The second-order valence-corrected chi connectivity index (χ2v) is 6.34. The van der Waals surface area contributed by atoms with E-state index in [0.29, 0.717) is 39.9 Å². The van der Waals surface area contributed by atoms with Crippen LogP contribution in [0.25, 0.3) is 21.9 Å². The molecule has 126 valence electrons. The lowest BCUT2D eigenvalue weighted by Crippen LogP contribution is -2.25. The zero-order chi connectivity index (χ0) is 17.1. The van der Waals surface area contributed by atoms with Gasteiger partial charge < -0.3 is 11.1 Å². The van der Waals surface area contributed by atoms with Crippen LogP contribution >= 0.6 is 11.3 Å². The molecule has 0 unspecified atom stereocenters. The lowest BCUT2D eigenvalue weighted by molar-refractivity contribution is 0.670. The van der Waals surface area contributed by atoms with Gasteiger partial charge in [-0.1, -0.05) is 13.8 Å². The van der Waals surface area contributed by atoms with Crippen LogP contribution < -0.4 is 16.6 Å². The molecular weight excluding hydrogens is 324 g/mol. The van der Waals surface area contributed by atoms with Crippen LogP contribution in [0.5, 0.6) is 0 Å². The quantitative estimate of drug-likeness (QED) is 0.713. The summed E-state index contributed by atoms with van der Waals surface area (Å²) in [6.45, 7) is 5.44. The standard InChI is InChI=1S/C16H20N6OS/c1-3-5-18-11-9-10(17)12-14(20-11)22(7-4-2)16(23)13(21-12)15-19-6-8-24-15/h6,8-9H,3-5,7H2,1-2H3,(H3,17,18,20). The van der Waals surface area contributed by atoms with E-state index in [4.69, 9.17) is 5.73 Å². The first kappa shape index (κ1) is 16.4. The number of anilines is 2. The third-order valence-corrected chi connectivity index (χ3v) is 4.35. The second kappa shape index (κ2) is 6.96. The first-order valence-electron chi connectivity index (χ1n) is 8.00. The SMILES string of the molecule is CCCNc1cc(N)c2nc(-c3nccs3)c(=O)n(CCC)c2n1. The summed E-state index contributed by atoms with van der Waals surface area (Å²) in [5.74, 6) is 0.662. The molecule has 3 N–H and O–H groups in total. The lowest BCUT2D eigenvalue weighted by Gasteiger charge is -2.13. The Labute approximate surface area is 143 Å². The van der Waals surface area contributed by atoms with Crippen LogP contribution in [0.4, 0.5) is 11.5 Å². The zero-order valence-corrected chi connectivity index (χ0v) is 14.6. The lowest BCUT2D eigenvalue weighted by atomic mass is 10.3. The van der Waals surface area contributed by atoms with Gasteiger partial charge in [0.25, 0.3) is 5.56 Å². The number of aromatic nitrogens is 4. The summed E-state index contributed by atoms with van der Waals surface area (Å²) in [4.78, 5) is 26.1. The second-order valence-electron chi connectivity index (χ2n) is 5.45. The van der Waals surface area contributed by atoms with E-state index in [2.05, 4.69) is 27.2 Å². The molecule has 3 heterocycles. The zero-order valence-electron chi connectivity index (χ0n) is 13.7. The molecular formula is C16H20N6OS. The van der Waals surface area contributed by atoms with Crippen molar-refractivity contribution in [3.63, 3.8) is 0 Å². The number of aryl methyl sites for hydroxylation is 1. The summed E-state index contributed by atoms with van der Waals surface area (Å²) in [5, 5.41) is 5.63. The van der Waals surface area contributed by atoms with E-state index in [1.165, 1.54) is 11.3 Å². The number of nitrogens with zero attached hydrogens (tertiary/aromatic N) is 4. The molecule has 3 aromatic rings. The van der Waals surface area contributed by atoms with Crippen molar-refractivity contribution >= 4 is 34.0 Å². The van der Waals surface area contributed by atoms with Crippen LogP contribution in [0.3, 0.4) is 0 Å². The molecule has 0 aliphatic rings. The van der Waals surface area contributed by atoms with Crippen molar-refractivity contribution < 1.29 is 0 Å². The highest BCUT2D eigenvalue weighted by molar-refractivity contribution is 7.13. The fraction of sp³-hybridized carbons (Fsp3) is 0.375. The summed E-state index contributed by atoms with van der Waals surface area (Å²) in [5.41, 5.74) is 7.89. The highest BCUT2D eigenvalue weighted by Gasteiger charge is 2.17. The van der Waals surface area contributed by atoms with Gasteiger partial charge in [-0.05, 0) is 12.8 Å². The summed E-state index contributed by atoms with van der Waals surface area (Å²) in [6.07, 6.45) is 3.45. The number of pyridine rings is 1. The minimum atomic E-state index is -0.182. The molecule has 0 saturated heterocycles. The molecule has 0 atom stereocenters. The van der Waals surface area contributed by atoms with Gasteiger partial charge >= 0.3 is 0 Å². The molecule has 0 fully saturated rings. The fourth-order valence-corrected chi connectivity index (χ4v) is 3.10. The Morgan fingerprint density at radius 1 is 1.29 bits per heavy atom. The van der Waals surface area contributed by atoms with Gasteiger partial charge in [0.2, 0.25) is 0 Å². The number of rotatable bonds is 6. The molecule has 3 aromatic heterocycles. The van der Waals surface area contributed by atoms with Crippen molar-refractivity contribution in [1.82, 2.24) is 19.5 Å². The van der Waals surface area contributed by atoms with Crippen molar-refractivity contribution in [2.24, 2.45) is 0 Å². The van der Waals surface area contributed by atoms with E-state index >= 15 is 0 Å². The predicted molar refractivity (Wildman–Crippen MR) is 98.4 cm³/mol. The first-order valence-corrected chi connectivity index (χ1v) is 8.88. The molecule has 0 spiro atoms. The number of nitrogens with one attached hydrogen (secondary N) is 1. The molecule has 8 heteroatoms. The van der Waals surface area contributed by atoms with Gasteiger partial charge in [0.15, 0.2) is 11.3 Å². The molecule has 0 aliphatic heterocycles. The van der Waals surface area contributed by atoms with Gasteiger partial charge in [-0.3, -0.25) is 9.36 Å². The van der Waals surface area contributed by atoms with Crippen molar-refractivity contribution in [3.05, 3.63) is 28.0 Å². The monoisotopic (exact) mass is 344 g/mol. The number of nitrogens with two attached hydrogens (primary N) is 1. The normalized spacial score (nSPS) is 11.1. The maximum Gasteiger partial charge on any atom is 0.281 e. The average molecular weight is 344 g/mol. The smallest absolute Gasteiger partial charge is 0.281 e. The van der Waals surface area contributed by atoms with Crippen LogP contribution in [-0.2, 0) is 6.54 Å². The number of thiazole rings is 1. The largest absolute Gasteiger partial charge is 0.397 e. The van der Waals surface area contributed by atoms with Crippen LogP contribution in [0, 0.1) is 0 Å². The molecule has 24 heavy (non-hydrogen) atoms. The van der Waals surface area contributed by atoms with Crippen molar-refractivity contribution in [1.29, 1.82) is 0 Å². The number of fused-ring (bicyclic) bond motifs is 1. The van der Waals surface area contributed by atoms with Gasteiger partial charge in [0.05, 0.1) is 5.69 Å². The van der Waals surface area contributed by atoms with E-state index in [-0.39, 0.29) is 5.56 Å². The van der Waals surface area contributed by atoms with E-state index in [1.54, 1.807) is 16.8 Å². The van der Waals surface area contributed by atoms with Gasteiger partial charge in [0, 0.05) is 30.7 Å². The Morgan fingerprint density at radius 3 is 2.79 bits per heavy atom. The van der Waals surface area contributed by atoms with Gasteiger partial charge in [-0.2, -0.15) is 0 Å². The highest BCUT2D eigenvalue weighted by atomic mass is 32.1. The van der Waals surface area contributed by atoms with E-state index in [1.807, 2.05) is 12.3 Å². The Kier molecular flexibility index (Phi) is 4.75. The van der Waals surface area contributed by atoms with Crippen LogP contribution in [0.15, 0.2) is 22.4 Å². The number of hydrogen-bond donors (Lipinski definition) is 2. The van der Waals surface area contributed by atoms with Gasteiger partial charge in [-0.15, -0.1) is 11.3 Å². The third kappa shape index (κ3) is 2.96. The maximum absolute atomic E-state index is 12.9. The van der Waals surface area contributed by atoms with Crippen LogP contribution in [0.1, 0.15) is 26.7 Å². The summed E-state index contributed by atoms with van der Waals surface area (Å²) in [6, 6.07) is 1.76. The highest BCUT2D eigenvalue weighted by Crippen LogP contribution is 2.24. The maximum atomic E-state index is 12.9. The molecule has 0 aromatic carbocycles.